The fourth-order valence-corrected chi connectivity index (χ4v) is 3.93. The van der Waals surface area contributed by atoms with Crippen molar-refractivity contribution in [1.82, 2.24) is 4.90 Å². The van der Waals surface area contributed by atoms with Crippen molar-refractivity contribution in [3.05, 3.63) is 57.8 Å². The molecule has 3 rings (SSSR count). The van der Waals surface area contributed by atoms with Gasteiger partial charge < -0.3 is 10.0 Å². The third-order valence-corrected chi connectivity index (χ3v) is 5.30. The van der Waals surface area contributed by atoms with Crippen LogP contribution < -0.4 is 0 Å². The highest BCUT2D eigenvalue weighted by Gasteiger charge is 2.38. The summed E-state index contributed by atoms with van der Waals surface area (Å²) in [5.74, 6) is -0.478. The van der Waals surface area contributed by atoms with E-state index in [0.717, 1.165) is 17.7 Å². The number of carbonyl (C=O) groups is 1. The molecule has 0 saturated carbocycles. The largest absolute Gasteiger partial charge is 0.416 e. The molecular formula is C18H18F3NO2S. The van der Waals surface area contributed by atoms with E-state index in [-0.39, 0.29) is 18.4 Å². The van der Waals surface area contributed by atoms with E-state index in [4.69, 9.17) is 0 Å². The molecule has 0 spiro atoms. The summed E-state index contributed by atoms with van der Waals surface area (Å²) >= 11 is 1.50. The first-order valence-electron chi connectivity index (χ1n) is 7.95. The normalized spacial score (nSPS) is 22.2. The lowest BCUT2D eigenvalue weighted by Crippen LogP contribution is -2.34. The molecular weight excluding hydrogens is 351 g/mol. The molecule has 2 aromatic rings. The van der Waals surface area contributed by atoms with Gasteiger partial charge in [0.05, 0.1) is 23.6 Å². The number of nitrogens with zero attached hydrogens (tertiary/aromatic N) is 1. The van der Waals surface area contributed by atoms with E-state index < -0.39 is 23.9 Å². The molecule has 1 N–H and O–H groups in total. The van der Waals surface area contributed by atoms with Gasteiger partial charge in [-0.05, 0) is 53.4 Å². The minimum atomic E-state index is -4.39. The predicted octanol–water partition coefficient (Wildman–Crippen LogP) is 4.20. The number of aliphatic hydroxyl groups is 1. The standard InChI is InChI=1S/C18H18F3NO2S/c1-11(13-6-7-25-10-13)17(24)22-9-15(23)8-16(22)12-2-4-14(5-3-12)18(19,20)21/h2-7,10-11,15-16,23H,8-9H2,1H3/t11-,15-,16+/m0/s1. The van der Waals surface area contributed by atoms with E-state index in [9.17, 15) is 23.1 Å². The lowest BCUT2D eigenvalue weighted by Gasteiger charge is -2.27. The van der Waals surface area contributed by atoms with E-state index in [1.165, 1.54) is 23.5 Å². The Morgan fingerprint density at radius 3 is 2.52 bits per heavy atom. The molecule has 0 unspecified atom stereocenters. The van der Waals surface area contributed by atoms with Gasteiger partial charge in [0.15, 0.2) is 0 Å². The van der Waals surface area contributed by atoms with E-state index >= 15 is 0 Å². The van der Waals surface area contributed by atoms with Gasteiger partial charge in [-0.2, -0.15) is 24.5 Å². The second-order valence-corrected chi connectivity index (χ2v) is 7.07. The smallest absolute Gasteiger partial charge is 0.391 e. The first-order chi connectivity index (χ1) is 11.8. The number of amides is 1. The van der Waals surface area contributed by atoms with E-state index in [2.05, 4.69) is 0 Å². The number of alkyl halides is 3. The fraction of sp³-hybridized carbons (Fsp3) is 0.389. The van der Waals surface area contributed by atoms with Gasteiger partial charge in [-0.1, -0.05) is 12.1 Å². The number of rotatable bonds is 3. The van der Waals surface area contributed by atoms with E-state index in [1.54, 1.807) is 11.8 Å². The first-order valence-corrected chi connectivity index (χ1v) is 8.89. The quantitative estimate of drug-likeness (QED) is 0.881. The van der Waals surface area contributed by atoms with Crippen LogP contribution in [-0.4, -0.2) is 28.6 Å². The van der Waals surface area contributed by atoms with Crippen LogP contribution in [0, 0.1) is 0 Å². The van der Waals surface area contributed by atoms with Gasteiger partial charge in [0, 0.05) is 6.54 Å². The van der Waals surface area contributed by atoms with Gasteiger partial charge in [-0.25, -0.2) is 0 Å². The zero-order chi connectivity index (χ0) is 18.2. The molecule has 25 heavy (non-hydrogen) atoms. The average molecular weight is 369 g/mol. The van der Waals surface area contributed by atoms with Crippen LogP contribution in [-0.2, 0) is 11.0 Å². The number of aliphatic hydroxyl groups excluding tert-OH is 1. The monoisotopic (exact) mass is 369 g/mol. The Bertz CT molecular complexity index is 728. The Morgan fingerprint density at radius 1 is 1.28 bits per heavy atom. The van der Waals surface area contributed by atoms with Crippen molar-refractivity contribution in [3.63, 3.8) is 0 Å². The highest BCUT2D eigenvalue weighted by atomic mass is 32.1. The Balaban J connectivity index is 1.83. The third-order valence-electron chi connectivity index (χ3n) is 4.60. The molecule has 3 nitrogen and oxygen atoms in total. The van der Waals surface area contributed by atoms with Crippen molar-refractivity contribution in [2.75, 3.05) is 6.54 Å². The zero-order valence-electron chi connectivity index (χ0n) is 13.5. The number of hydrogen-bond donors (Lipinski definition) is 1. The predicted molar refractivity (Wildman–Crippen MR) is 89.3 cm³/mol. The zero-order valence-corrected chi connectivity index (χ0v) is 14.3. The summed E-state index contributed by atoms with van der Waals surface area (Å²) in [6.07, 6.45) is -4.74. The SMILES string of the molecule is C[C@H](C(=O)N1C[C@@H](O)C[C@@H]1c1ccc(C(F)(F)F)cc1)c1ccsc1. The number of carbonyl (C=O) groups excluding carboxylic acids is 1. The molecule has 0 aliphatic carbocycles. The molecule has 2 heterocycles. The highest BCUT2D eigenvalue weighted by molar-refractivity contribution is 7.08. The Morgan fingerprint density at radius 2 is 1.96 bits per heavy atom. The van der Waals surface area contributed by atoms with Crippen LogP contribution in [0.4, 0.5) is 13.2 Å². The summed E-state index contributed by atoms with van der Waals surface area (Å²) in [4.78, 5) is 14.4. The van der Waals surface area contributed by atoms with Crippen LogP contribution in [0.2, 0.25) is 0 Å². The summed E-state index contributed by atoms with van der Waals surface area (Å²) < 4.78 is 38.2. The average Bonchev–Trinajstić information content (AvgIpc) is 3.22. The number of halogens is 3. The minimum Gasteiger partial charge on any atom is -0.391 e. The molecule has 3 atom stereocenters. The molecule has 1 amide bonds. The van der Waals surface area contributed by atoms with Crippen molar-refractivity contribution >= 4 is 17.2 Å². The van der Waals surface area contributed by atoms with Gasteiger partial charge in [-0.3, -0.25) is 4.79 Å². The number of likely N-dealkylation sites (tertiary alicyclic amines) is 1. The molecule has 1 aromatic heterocycles. The maximum Gasteiger partial charge on any atom is 0.416 e. The van der Waals surface area contributed by atoms with Gasteiger partial charge in [-0.15, -0.1) is 0 Å². The molecule has 1 saturated heterocycles. The lowest BCUT2D eigenvalue weighted by atomic mass is 9.99. The Labute approximate surface area is 147 Å². The Hall–Kier alpha value is -1.86. The van der Waals surface area contributed by atoms with Gasteiger partial charge in [0.2, 0.25) is 5.91 Å². The third kappa shape index (κ3) is 3.72. The maximum absolute atomic E-state index is 12.8. The van der Waals surface area contributed by atoms with Gasteiger partial charge in [0.25, 0.3) is 0 Å². The maximum atomic E-state index is 12.8. The summed E-state index contributed by atoms with van der Waals surface area (Å²) in [7, 11) is 0. The lowest BCUT2D eigenvalue weighted by molar-refractivity contribution is -0.137. The van der Waals surface area contributed by atoms with Crippen LogP contribution in [0.15, 0.2) is 41.1 Å². The molecule has 0 radical (unpaired) electrons. The molecule has 7 heteroatoms. The van der Waals surface area contributed by atoms with Crippen molar-refractivity contribution in [2.24, 2.45) is 0 Å². The molecule has 1 aliphatic heterocycles. The van der Waals surface area contributed by atoms with Crippen molar-refractivity contribution < 1.29 is 23.1 Å². The minimum absolute atomic E-state index is 0.125. The number of β-amino-alcohol motifs (C(OH)–C–C–N with tert-alkyl or cyclic N) is 1. The van der Waals surface area contributed by atoms with E-state index in [1.807, 2.05) is 16.8 Å². The summed E-state index contributed by atoms with van der Waals surface area (Å²) in [5.41, 5.74) is 0.789. The summed E-state index contributed by atoms with van der Waals surface area (Å²) in [5, 5.41) is 13.8. The molecule has 1 aliphatic rings. The Kier molecular flexibility index (Phi) is 4.88. The second kappa shape index (κ2) is 6.80. The molecule has 1 aromatic carbocycles. The van der Waals surface area contributed by atoms with Crippen LogP contribution in [0.5, 0.6) is 0 Å². The van der Waals surface area contributed by atoms with Crippen LogP contribution in [0.1, 0.15) is 42.0 Å². The number of benzene rings is 1. The molecule has 1 fully saturated rings. The molecule has 134 valence electrons. The summed E-state index contributed by atoms with van der Waals surface area (Å²) in [6, 6.07) is 6.29. The number of thiophene rings is 1. The second-order valence-electron chi connectivity index (χ2n) is 6.29. The molecule has 0 bridgehead atoms. The van der Waals surface area contributed by atoms with E-state index in [0.29, 0.717) is 12.0 Å². The van der Waals surface area contributed by atoms with Gasteiger partial charge in [0.1, 0.15) is 0 Å². The first kappa shape index (κ1) is 17.9. The van der Waals surface area contributed by atoms with Crippen molar-refractivity contribution in [3.8, 4) is 0 Å². The van der Waals surface area contributed by atoms with Crippen LogP contribution in [0.25, 0.3) is 0 Å². The fourth-order valence-electron chi connectivity index (χ4n) is 3.18. The summed E-state index contributed by atoms with van der Waals surface area (Å²) in [6.45, 7) is 2.00. The van der Waals surface area contributed by atoms with Gasteiger partial charge >= 0.3 is 6.18 Å². The van der Waals surface area contributed by atoms with Crippen LogP contribution >= 0.6 is 11.3 Å². The van der Waals surface area contributed by atoms with Crippen molar-refractivity contribution in [1.29, 1.82) is 0 Å². The van der Waals surface area contributed by atoms with Crippen LogP contribution in [0.3, 0.4) is 0 Å². The number of hydrogen-bond acceptors (Lipinski definition) is 3. The highest BCUT2D eigenvalue weighted by Crippen LogP contribution is 2.37. The topological polar surface area (TPSA) is 40.5 Å². The van der Waals surface area contributed by atoms with Crippen molar-refractivity contribution in [2.45, 2.75) is 37.6 Å².